The lowest BCUT2D eigenvalue weighted by Gasteiger charge is -2.20. The topological polar surface area (TPSA) is 75.6 Å². The van der Waals surface area contributed by atoms with E-state index in [4.69, 9.17) is 9.47 Å². The second-order valence-corrected chi connectivity index (χ2v) is 5.43. The van der Waals surface area contributed by atoms with Gasteiger partial charge in [-0.1, -0.05) is 20.4 Å². The van der Waals surface area contributed by atoms with E-state index in [2.05, 4.69) is 31.9 Å². The molecule has 136 valence electrons. The van der Waals surface area contributed by atoms with Crippen LogP contribution in [0.4, 0.5) is 0 Å². The van der Waals surface area contributed by atoms with E-state index in [1.165, 1.54) is 6.42 Å². The Kier molecular flexibility index (Phi) is 6.80. The number of nitrogens with zero attached hydrogens (tertiary/aromatic N) is 4. The second-order valence-electron chi connectivity index (χ2n) is 5.43. The lowest BCUT2D eigenvalue weighted by Crippen LogP contribution is -2.27. The number of ether oxygens (including phenoxy) is 2. The van der Waals surface area contributed by atoms with Gasteiger partial charge in [-0.15, -0.1) is 0 Å². The monoisotopic (exact) mass is 345 g/mol. The molecule has 1 aromatic heterocycles. The van der Waals surface area contributed by atoms with Gasteiger partial charge < -0.3 is 14.4 Å². The number of aromatic amines is 1. The number of likely N-dealkylation sites (tertiary alicyclic amines) is 1. The Morgan fingerprint density at radius 3 is 2.72 bits per heavy atom. The van der Waals surface area contributed by atoms with Gasteiger partial charge >= 0.3 is 0 Å². The van der Waals surface area contributed by atoms with E-state index in [-0.39, 0.29) is 0 Å². The van der Waals surface area contributed by atoms with Crippen LogP contribution >= 0.6 is 0 Å². The van der Waals surface area contributed by atoms with E-state index in [0.29, 0.717) is 24.2 Å². The van der Waals surface area contributed by atoms with Crippen molar-refractivity contribution in [1.29, 1.82) is 0 Å². The number of aliphatic imine (C=N–C) groups is 1. The summed E-state index contributed by atoms with van der Waals surface area (Å²) in [5.41, 5.74) is 2.27. The van der Waals surface area contributed by atoms with Gasteiger partial charge in [0.15, 0.2) is 0 Å². The molecule has 0 amide bonds. The quantitative estimate of drug-likeness (QED) is 0.666. The second kappa shape index (κ2) is 9.05. The van der Waals surface area contributed by atoms with Crippen molar-refractivity contribution in [3.05, 3.63) is 30.5 Å². The number of hydrogen-bond acceptors (Lipinski definition) is 6. The van der Waals surface area contributed by atoms with E-state index in [0.717, 1.165) is 29.6 Å². The van der Waals surface area contributed by atoms with Crippen LogP contribution in [0.3, 0.4) is 0 Å². The maximum Gasteiger partial charge on any atom is 0.219 e. The molecule has 0 bridgehead atoms. The molecule has 1 atom stereocenters. The van der Waals surface area contributed by atoms with Crippen LogP contribution in [-0.2, 0) is 4.74 Å². The SMILES string of the molecule is C=CN1CCCC1CN=C(OC)c1cc2n[nH]nc2cc1OC.CC. The van der Waals surface area contributed by atoms with Crippen molar-refractivity contribution in [1.82, 2.24) is 20.3 Å². The fourth-order valence-corrected chi connectivity index (χ4v) is 2.95. The fraction of sp³-hybridized carbons (Fsp3) is 0.500. The van der Waals surface area contributed by atoms with E-state index in [1.807, 2.05) is 32.2 Å². The van der Waals surface area contributed by atoms with E-state index < -0.39 is 0 Å². The molecular weight excluding hydrogens is 318 g/mol. The van der Waals surface area contributed by atoms with Gasteiger partial charge in [0.05, 0.1) is 26.3 Å². The lowest BCUT2D eigenvalue weighted by atomic mass is 10.1. The third-order valence-electron chi connectivity index (χ3n) is 4.16. The van der Waals surface area contributed by atoms with Crippen LogP contribution in [0.15, 0.2) is 29.9 Å². The first-order valence-electron chi connectivity index (χ1n) is 8.62. The zero-order valence-electron chi connectivity index (χ0n) is 15.5. The van der Waals surface area contributed by atoms with Crippen molar-refractivity contribution < 1.29 is 9.47 Å². The number of methoxy groups -OCH3 is 2. The molecule has 1 unspecified atom stereocenters. The van der Waals surface area contributed by atoms with Crippen LogP contribution in [-0.4, -0.2) is 59.6 Å². The van der Waals surface area contributed by atoms with Gasteiger partial charge in [-0.25, -0.2) is 4.99 Å². The van der Waals surface area contributed by atoms with Gasteiger partial charge in [0.1, 0.15) is 16.8 Å². The molecule has 1 N–H and O–H groups in total. The first-order valence-corrected chi connectivity index (χ1v) is 8.62. The molecule has 1 aromatic carbocycles. The molecule has 0 saturated carbocycles. The van der Waals surface area contributed by atoms with Crippen LogP contribution in [0.2, 0.25) is 0 Å². The van der Waals surface area contributed by atoms with Crippen molar-refractivity contribution in [2.45, 2.75) is 32.7 Å². The molecule has 1 fully saturated rings. The van der Waals surface area contributed by atoms with Crippen LogP contribution in [0.1, 0.15) is 32.3 Å². The van der Waals surface area contributed by atoms with Crippen molar-refractivity contribution in [2.75, 3.05) is 27.3 Å². The summed E-state index contributed by atoms with van der Waals surface area (Å²) in [5, 5.41) is 10.8. The highest BCUT2D eigenvalue weighted by atomic mass is 16.5. The van der Waals surface area contributed by atoms with Crippen molar-refractivity contribution in [2.24, 2.45) is 4.99 Å². The average Bonchev–Trinajstić information content (AvgIpc) is 3.31. The van der Waals surface area contributed by atoms with Gasteiger partial charge in [-0.05, 0) is 25.1 Å². The normalized spacial score (nSPS) is 17.2. The first kappa shape index (κ1) is 18.8. The number of nitrogens with one attached hydrogen (secondary N) is 1. The summed E-state index contributed by atoms with van der Waals surface area (Å²) in [5.74, 6) is 1.21. The Hall–Kier alpha value is -2.57. The Labute approximate surface area is 148 Å². The Bertz CT molecular complexity index is 725. The van der Waals surface area contributed by atoms with E-state index in [1.54, 1.807) is 14.2 Å². The highest BCUT2D eigenvalue weighted by Crippen LogP contribution is 2.25. The fourth-order valence-electron chi connectivity index (χ4n) is 2.95. The standard InChI is InChI=1S/C16H21N5O2.C2H6/c1-4-21-7-5-6-11(21)10-17-16(23-3)12-8-13-14(19-20-18-13)9-15(12)22-2;1-2/h4,8-9,11H,1,5-7,10H2,2-3H3,(H,18,19,20);1-2H3. The zero-order chi connectivity index (χ0) is 18.2. The van der Waals surface area contributed by atoms with Crippen molar-refractivity contribution >= 4 is 16.9 Å². The molecule has 0 radical (unpaired) electrons. The summed E-state index contributed by atoms with van der Waals surface area (Å²) in [6, 6.07) is 4.08. The summed E-state index contributed by atoms with van der Waals surface area (Å²) in [4.78, 5) is 6.89. The summed E-state index contributed by atoms with van der Waals surface area (Å²) in [6.07, 6.45) is 4.18. The molecule has 7 nitrogen and oxygen atoms in total. The average molecular weight is 345 g/mol. The lowest BCUT2D eigenvalue weighted by molar-refractivity contribution is 0.350. The summed E-state index contributed by atoms with van der Waals surface area (Å²) in [6.45, 7) is 9.57. The molecular formula is C18H27N5O2. The highest BCUT2D eigenvalue weighted by molar-refractivity contribution is 6.00. The van der Waals surface area contributed by atoms with Gasteiger partial charge in [-0.2, -0.15) is 15.4 Å². The number of benzene rings is 1. The van der Waals surface area contributed by atoms with Crippen molar-refractivity contribution in [3.63, 3.8) is 0 Å². The Morgan fingerprint density at radius 2 is 2.08 bits per heavy atom. The van der Waals surface area contributed by atoms with Crippen molar-refractivity contribution in [3.8, 4) is 5.75 Å². The summed E-state index contributed by atoms with van der Waals surface area (Å²) >= 11 is 0. The summed E-state index contributed by atoms with van der Waals surface area (Å²) in [7, 11) is 3.24. The van der Waals surface area contributed by atoms with E-state index >= 15 is 0 Å². The summed E-state index contributed by atoms with van der Waals surface area (Å²) < 4.78 is 11.0. The molecule has 0 aliphatic carbocycles. The molecule has 2 aromatic rings. The van der Waals surface area contributed by atoms with Crippen LogP contribution in [0, 0.1) is 0 Å². The van der Waals surface area contributed by atoms with Crippen LogP contribution in [0.25, 0.3) is 11.0 Å². The minimum absolute atomic E-state index is 0.374. The number of H-pyrrole nitrogens is 1. The molecule has 2 heterocycles. The highest BCUT2D eigenvalue weighted by Gasteiger charge is 2.22. The number of aromatic nitrogens is 3. The molecule has 3 rings (SSSR count). The van der Waals surface area contributed by atoms with Crippen LogP contribution in [0.5, 0.6) is 5.75 Å². The molecule has 1 aliphatic heterocycles. The number of fused-ring (bicyclic) bond motifs is 1. The Morgan fingerprint density at radius 1 is 1.36 bits per heavy atom. The number of rotatable bonds is 5. The smallest absolute Gasteiger partial charge is 0.219 e. The minimum atomic E-state index is 0.374. The van der Waals surface area contributed by atoms with Gasteiger partial charge in [-0.3, -0.25) is 0 Å². The molecule has 0 spiro atoms. The van der Waals surface area contributed by atoms with E-state index in [9.17, 15) is 0 Å². The predicted molar refractivity (Wildman–Crippen MR) is 100 cm³/mol. The maximum absolute atomic E-state index is 5.50. The maximum atomic E-state index is 5.50. The van der Waals surface area contributed by atoms with Crippen LogP contribution < -0.4 is 4.74 Å². The number of hydrogen-bond donors (Lipinski definition) is 1. The molecule has 1 aliphatic rings. The third-order valence-corrected chi connectivity index (χ3v) is 4.16. The largest absolute Gasteiger partial charge is 0.496 e. The van der Waals surface area contributed by atoms with Gasteiger partial charge in [0.2, 0.25) is 5.90 Å². The van der Waals surface area contributed by atoms with Gasteiger partial charge in [0.25, 0.3) is 0 Å². The third kappa shape index (κ3) is 4.10. The molecule has 7 heteroatoms. The first-order chi connectivity index (χ1) is 12.3. The minimum Gasteiger partial charge on any atom is -0.496 e. The zero-order valence-corrected chi connectivity index (χ0v) is 15.5. The molecule has 1 saturated heterocycles. The van der Waals surface area contributed by atoms with Gasteiger partial charge in [0, 0.05) is 18.7 Å². The Balaban J connectivity index is 0.00000109. The molecule has 25 heavy (non-hydrogen) atoms. The predicted octanol–water partition coefficient (Wildman–Crippen LogP) is 2.99.